The molecule has 5 nitrogen and oxygen atoms in total. The van der Waals surface area contributed by atoms with Crippen LogP contribution in [-0.4, -0.2) is 37.2 Å². The number of sulfone groups is 1. The van der Waals surface area contributed by atoms with Crippen LogP contribution in [-0.2, 0) is 9.84 Å². The molecule has 0 atom stereocenters. The third-order valence-corrected chi connectivity index (χ3v) is 2.70. The molecule has 1 N–H and O–H groups in total. The predicted molar refractivity (Wildman–Crippen MR) is 48.1 cm³/mol. The highest BCUT2D eigenvalue weighted by molar-refractivity contribution is 7.90. The van der Waals surface area contributed by atoms with E-state index in [2.05, 4.69) is 15.5 Å². The molecule has 12 heavy (non-hydrogen) atoms. The van der Waals surface area contributed by atoms with E-state index in [4.69, 9.17) is 0 Å². The van der Waals surface area contributed by atoms with E-state index in [1.54, 1.807) is 5.51 Å². The van der Waals surface area contributed by atoms with E-state index in [0.717, 1.165) is 0 Å². The number of hydrogen-bond acceptors (Lipinski definition) is 6. The molecule has 68 valence electrons. The van der Waals surface area contributed by atoms with Gasteiger partial charge in [-0.2, -0.15) is 0 Å². The van der Waals surface area contributed by atoms with Gasteiger partial charge in [-0.15, -0.1) is 10.2 Å². The number of rotatable bonds is 4. The largest absolute Gasteiger partial charge is 0.359 e. The summed E-state index contributed by atoms with van der Waals surface area (Å²) in [5.74, 6) is 0.118. The lowest BCUT2D eigenvalue weighted by Crippen LogP contribution is -2.13. The molecule has 0 aliphatic carbocycles. The number of nitrogens with one attached hydrogen (secondary N) is 1. The van der Waals surface area contributed by atoms with Crippen molar-refractivity contribution in [1.82, 2.24) is 10.2 Å². The number of hydrogen-bond donors (Lipinski definition) is 1. The highest BCUT2D eigenvalue weighted by Crippen LogP contribution is 2.06. The summed E-state index contributed by atoms with van der Waals surface area (Å²) in [6.45, 7) is 0.383. The Balaban J connectivity index is 2.29. The monoisotopic (exact) mass is 207 g/mol. The molecule has 0 amide bonds. The lowest BCUT2D eigenvalue weighted by Gasteiger charge is -1.98. The fourth-order valence-electron chi connectivity index (χ4n) is 0.593. The van der Waals surface area contributed by atoms with E-state index in [9.17, 15) is 8.42 Å². The number of aromatic nitrogens is 2. The summed E-state index contributed by atoms with van der Waals surface area (Å²) < 4.78 is 21.4. The second-order valence-corrected chi connectivity index (χ2v) is 5.39. The van der Waals surface area contributed by atoms with E-state index in [-0.39, 0.29) is 5.75 Å². The van der Waals surface area contributed by atoms with Gasteiger partial charge >= 0.3 is 0 Å². The van der Waals surface area contributed by atoms with Crippen molar-refractivity contribution in [3.63, 3.8) is 0 Å². The summed E-state index contributed by atoms with van der Waals surface area (Å²) in [4.78, 5) is 0. The SMILES string of the molecule is CS(=O)(=O)CCNc1nncs1. The molecule has 1 heterocycles. The van der Waals surface area contributed by atoms with Gasteiger partial charge < -0.3 is 5.32 Å². The lowest BCUT2D eigenvalue weighted by atomic mass is 10.7. The molecule has 1 aromatic heterocycles. The molecule has 0 bridgehead atoms. The van der Waals surface area contributed by atoms with Crippen molar-refractivity contribution in [3.05, 3.63) is 5.51 Å². The maximum absolute atomic E-state index is 10.7. The number of nitrogens with zero attached hydrogens (tertiary/aromatic N) is 2. The van der Waals surface area contributed by atoms with Gasteiger partial charge in [0.15, 0.2) is 0 Å². The smallest absolute Gasteiger partial charge is 0.205 e. The Morgan fingerprint density at radius 2 is 2.42 bits per heavy atom. The van der Waals surface area contributed by atoms with Crippen molar-refractivity contribution in [3.8, 4) is 0 Å². The minimum atomic E-state index is -2.88. The fourth-order valence-corrected chi connectivity index (χ4v) is 1.54. The van der Waals surface area contributed by atoms with Gasteiger partial charge in [0.1, 0.15) is 15.3 Å². The zero-order valence-corrected chi connectivity index (χ0v) is 8.15. The van der Waals surface area contributed by atoms with Crippen LogP contribution in [0.15, 0.2) is 5.51 Å². The van der Waals surface area contributed by atoms with Crippen LogP contribution in [0.5, 0.6) is 0 Å². The molecule has 1 aromatic rings. The van der Waals surface area contributed by atoms with Crippen LogP contribution in [0, 0.1) is 0 Å². The molecule has 0 aliphatic rings. The first kappa shape index (κ1) is 9.40. The van der Waals surface area contributed by atoms with Crippen LogP contribution < -0.4 is 5.32 Å². The molecule has 0 saturated heterocycles. The maximum atomic E-state index is 10.7. The molecule has 0 aliphatic heterocycles. The summed E-state index contributed by atoms with van der Waals surface area (Å²) in [6.07, 6.45) is 1.20. The molecule has 0 spiro atoms. The molecule has 0 unspecified atom stereocenters. The molecular formula is C5H9N3O2S2. The Bertz CT molecular complexity index is 318. The maximum Gasteiger partial charge on any atom is 0.205 e. The van der Waals surface area contributed by atoms with Crippen molar-refractivity contribution in [2.45, 2.75) is 0 Å². The Hall–Kier alpha value is -0.690. The molecule has 7 heteroatoms. The lowest BCUT2D eigenvalue weighted by molar-refractivity contribution is 0.602. The average molecular weight is 207 g/mol. The minimum Gasteiger partial charge on any atom is -0.359 e. The Morgan fingerprint density at radius 3 is 2.92 bits per heavy atom. The fraction of sp³-hybridized carbons (Fsp3) is 0.600. The van der Waals surface area contributed by atoms with E-state index in [1.807, 2.05) is 0 Å². The topological polar surface area (TPSA) is 72.0 Å². The molecule has 0 radical (unpaired) electrons. The highest BCUT2D eigenvalue weighted by atomic mass is 32.2. The van der Waals surface area contributed by atoms with Crippen molar-refractivity contribution in [2.24, 2.45) is 0 Å². The highest BCUT2D eigenvalue weighted by Gasteiger charge is 2.01. The first-order valence-corrected chi connectivity index (χ1v) is 6.20. The molecule has 0 saturated carbocycles. The second kappa shape index (κ2) is 3.81. The van der Waals surface area contributed by atoms with E-state index in [0.29, 0.717) is 11.7 Å². The third kappa shape index (κ3) is 3.63. The first-order chi connectivity index (χ1) is 5.58. The van der Waals surface area contributed by atoms with Crippen LogP contribution >= 0.6 is 11.3 Å². The summed E-state index contributed by atoms with van der Waals surface area (Å²) in [6, 6.07) is 0. The van der Waals surface area contributed by atoms with E-state index < -0.39 is 9.84 Å². The van der Waals surface area contributed by atoms with Gasteiger partial charge in [0.2, 0.25) is 5.13 Å². The second-order valence-electron chi connectivity index (χ2n) is 2.30. The predicted octanol–water partition coefficient (Wildman–Crippen LogP) is -0.00540. The van der Waals surface area contributed by atoms with Crippen LogP contribution in [0.1, 0.15) is 0 Å². The van der Waals surface area contributed by atoms with Gasteiger partial charge in [0.05, 0.1) is 5.75 Å². The first-order valence-electron chi connectivity index (χ1n) is 3.26. The van der Waals surface area contributed by atoms with Gasteiger partial charge in [-0.1, -0.05) is 11.3 Å². The quantitative estimate of drug-likeness (QED) is 0.752. The van der Waals surface area contributed by atoms with Crippen molar-refractivity contribution >= 4 is 26.3 Å². The van der Waals surface area contributed by atoms with Gasteiger partial charge in [-0.3, -0.25) is 0 Å². The van der Waals surface area contributed by atoms with Crippen molar-refractivity contribution < 1.29 is 8.42 Å². The van der Waals surface area contributed by atoms with Crippen LogP contribution in [0.2, 0.25) is 0 Å². The van der Waals surface area contributed by atoms with Crippen LogP contribution in [0.25, 0.3) is 0 Å². The van der Waals surface area contributed by atoms with Gasteiger partial charge in [-0.05, 0) is 0 Å². The Morgan fingerprint density at radius 1 is 1.67 bits per heavy atom. The van der Waals surface area contributed by atoms with E-state index >= 15 is 0 Å². The summed E-state index contributed by atoms with van der Waals surface area (Å²) >= 11 is 1.35. The third-order valence-electron chi connectivity index (χ3n) is 1.11. The van der Waals surface area contributed by atoms with Crippen molar-refractivity contribution in [2.75, 3.05) is 23.9 Å². The van der Waals surface area contributed by atoms with Crippen molar-refractivity contribution in [1.29, 1.82) is 0 Å². The van der Waals surface area contributed by atoms with Crippen LogP contribution in [0.3, 0.4) is 0 Å². The zero-order valence-electron chi connectivity index (χ0n) is 6.52. The van der Waals surface area contributed by atoms with E-state index in [1.165, 1.54) is 17.6 Å². The minimum absolute atomic E-state index is 0.118. The molecular weight excluding hydrogens is 198 g/mol. The summed E-state index contributed by atoms with van der Waals surface area (Å²) in [7, 11) is -2.88. The van der Waals surface area contributed by atoms with Gasteiger partial charge in [-0.25, -0.2) is 8.42 Å². The normalized spacial score (nSPS) is 11.4. The average Bonchev–Trinajstić information content (AvgIpc) is 2.36. The molecule has 0 fully saturated rings. The zero-order chi connectivity index (χ0) is 9.03. The summed E-state index contributed by atoms with van der Waals surface area (Å²) in [5.41, 5.74) is 1.59. The molecule has 0 aromatic carbocycles. The standard InChI is InChI=1S/C5H9N3O2S2/c1-12(9,10)3-2-6-5-8-7-4-11-5/h4H,2-3H2,1H3,(H,6,8). The Labute approximate surface area is 74.7 Å². The van der Waals surface area contributed by atoms with Gasteiger partial charge in [0, 0.05) is 12.8 Å². The Kier molecular flexibility index (Phi) is 2.99. The molecule has 1 rings (SSSR count). The van der Waals surface area contributed by atoms with Crippen LogP contribution in [0.4, 0.5) is 5.13 Å². The number of anilines is 1. The van der Waals surface area contributed by atoms with Gasteiger partial charge in [0.25, 0.3) is 0 Å². The summed E-state index contributed by atoms with van der Waals surface area (Å²) in [5, 5.41) is 10.8.